The standard InChI is InChI=1S/C15H20N2O5S/c1-2-15(14(19)20,12-6-4-3-5-7-12)17-9-11(8-13(17)18)10-23(16,21)22/h3-7,11H,2,8-10H2,1H3,(H,19,20)(H2,16,21,22). The molecule has 1 saturated heterocycles. The van der Waals surface area contributed by atoms with Gasteiger partial charge in [0.15, 0.2) is 5.54 Å². The molecule has 23 heavy (non-hydrogen) atoms. The summed E-state index contributed by atoms with van der Waals surface area (Å²) in [5.41, 5.74) is -0.995. The van der Waals surface area contributed by atoms with Crippen LogP contribution in [0.5, 0.6) is 0 Å². The Morgan fingerprint density at radius 2 is 2.00 bits per heavy atom. The number of amides is 1. The number of hydrogen-bond donors (Lipinski definition) is 2. The summed E-state index contributed by atoms with van der Waals surface area (Å²) in [5.74, 6) is -2.32. The van der Waals surface area contributed by atoms with E-state index in [2.05, 4.69) is 0 Å². The van der Waals surface area contributed by atoms with Crippen molar-refractivity contribution in [2.24, 2.45) is 11.1 Å². The highest BCUT2D eigenvalue weighted by Gasteiger charge is 2.50. The van der Waals surface area contributed by atoms with Gasteiger partial charge >= 0.3 is 5.97 Å². The first-order valence-electron chi connectivity index (χ1n) is 7.30. The van der Waals surface area contributed by atoms with Crippen molar-refractivity contribution < 1.29 is 23.1 Å². The fourth-order valence-electron chi connectivity index (χ4n) is 3.25. The van der Waals surface area contributed by atoms with Crippen LogP contribution in [0.15, 0.2) is 30.3 Å². The van der Waals surface area contributed by atoms with Crippen LogP contribution in [0.1, 0.15) is 25.3 Å². The van der Waals surface area contributed by atoms with Crippen LogP contribution < -0.4 is 5.14 Å². The van der Waals surface area contributed by atoms with Gasteiger partial charge in [-0.1, -0.05) is 37.3 Å². The minimum Gasteiger partial charge on any atom is -0.479 e. The summed E-state index contributed by atoms with van der Waals surface area (Å²) in [6, 6.07) is 8.52. The Morgan fingerprint density at radius 1 is 1.39 bits per heavy atom. The summed E-state index contributed by atoms with van der Waals surface area (Å²) in [6.07, 6.45) is 0.165. The molecular formula is C15H20N2O5S. The van der Waals surface area contributed by atoms with Gasteiger partial charge in [0.05, 0.1) is 5.75 Å². The van der Waals surface area contributed by atoms with Gasteiger partial charge in [-0.05, 0) is 12.0 Å². The van der Waals surface area contributed by atoms with Crippen LogP contribution in [0.4, 0.5) is 0 Å². The first kappa shape index (κ1) is 17.4. The Morgan fingerprint density at radius 3 is 2.48 bits per heavy atom. The van der Waals surface area contributed by atoms with E-state index < -0.39 is 27.4 Å². The second kappa shape index (κ2) is 6.29. The molecule has 1 aliphatic rings. The number of nitrogens with two attached hydrogens (primary N) is 1. The Kier molecular flexibility index (Phi) is 4.76. The molecule has 0 aliphatic carbocycles. The molecule has 1 aromatic carbocycles. The van der Waals surface area contributed by atoms with Crippen molar-refractivity contribution in [2.45, 2.75) is 25.3 Å². The van der Waals surface area contributed by atoms with E-state index in [0.717, 1.165) is 0 Å². The molecule has 2 atom stereocenters. The topological polar surface area (TPSA) is 118 Å². The Balaban J connectivity index is 2.42. The normalized spacial score (nSPS) is 21.2. The average Bonchev–Trinajstić information content (AvgIpc) is 2.80. The molecule has 0 spiro atoms. The number of hydrogen-bond acceptors (Lipinski definition) is 4. The quantitative estimate of drug-likeness (QED) is 0.782. The van der Waals surface area contributed by atoms with Gasteiger partial charge in [-0.2, -0.15) is 0 Å². The monoisotopic (exact) mass is 340 g/mol. The number of likely N-dealkylation sites (tertiary alicyclic amines) is 1. The van der Waals surface area contributed by atoms with E-state index in [4.69, 9.17) is 5.14 Å². The van der Waals surface area contributed by atoms with Crippen LogP contribution >= 0.6 is 0 Å². The van der Waals surface area contributed by atoms with Crippen LogP contribution in [0.3, 0.4) is 0 Å². The minimum absolute atomic E-state index is 0.0156. The van der Waals surface area contributed by atoms with E-state index >= 15 is 0 Å². The zero-order valence-corrected chi connectivity index (χ0v) is 13.6. The lowest BCUT2D eigenvalue weighted by molar-refractivity contribution is -0.158. The number of carbonyl (C=O) groups excluding carboxylic acids is 1. The Bertz CT molecular complexity index is 704. The van der Waals surface area contributed by atoms with Crippen molar-refractivity contribution in [3.8, 4) is 0 Å². The lowest BCUT2D eigenvalue weighted by Gasteiger charge is -2.38. The molecule has 1 aromatic rings. The van der Waals surface area contributed by atoms with E-state index in [1.807, 2.05) is 0 Å². The first-order valence-corrected chi connectivity index (χ1v) is 9.02. The second-order valence-electron chi connectivity index (χ2n) is 5.79. The molecule has 2 rings (SSSR count). The van der Waals surface area contributed by atoms with Gasteiger partial charge in [-0.25, -0.2) is 18.4 Å². The Labute approximate surface area is 135 Å². The number of benzene rings is 1. The second-order valence-corrected chi connectivity index (χ2v) is 7.45. The molecule has 3 N–H and O–H groups in total. The van der Waals surface area contributed by atoms with E-state index in [0.29, 0.717) is 5.56 Å². The molecule has 7 nitrogen and oxygen atoms in total. The van der Waals surface area contributed by atoms with Gasteiger partial charge in [-0.15, -0.1) is 0 Å². The molecule has 8 heteroatoms. The van der Waals surface area contributed by atoms with E-state index in [9.17, 15) is 23.1 Å². The van der Waals surface area contributed by atoms with Crippen LogP contribution in [-0.4, -0.2) is 42.6 Å². The number of aliphatic carboxylic acids is 1. The summed E-state index contributed by atoms with van der Waals surface area (Å²) >= 11 is 0. The summed E-state index contributed by atoms with van der Waals surface area (Å²) in [5, 5.41) is 14.9. The molecule has 0 aromatic heterocycles. The van der Waals surface area contributed by atoms with Crippen molar-refractivity contribution in [3.63, 3.8) is 0 Å². The summed E-state index contributed by atoms with van der Waals surface area (Å²) in [4.78, 5) is 25.7. The Hall–Kier alpha value is -1.93. The molecule has 1 heterocycles. The van der Waals surface area contributed by atoms with Gasteiger partial charge in [-0.3, -0.25) is 4.79 Å². The van der Waals surface area contributed by atoms with Gasteiger partial charge in [0.1, 0.15) is 0 Å². The first-order chi connectivity index (χ1) is 10.7. The molecule has 1 fully saturated rings. The lowest BCUT2D eigenvalue weighted by atomic mass is 9.85. The predicted molar refractivity (Wildman–Crippen MR) is 83.8 cm³/mol. The van der Waals surface area contributed by atoms with Crippen LogP contribution in [-0.2, 0) is 25.2 Å². The van der Waals surface area contributed by atoms with Crippen LogP contribution in [0, 0.1) is 5.92 Å². The molecule has 0 radical (unpaired) electrons. The number of primary sulfonamides is 1. The number of carbonyl (C=O) groups is 2. The van der Waals surface area contributed by atoms with Crippen molar-refractivity contribution in [2.75, 3.05) is 12.3 Å². The molecule has 0 saturated carbocycles. The number of sulfonamides is 1. The number of carboxylic acids is 1. The molecule has 1 aliphatic heterocycles. The van der Waals surface area contributed by atoms with Gasteiger partial charge in [0.2, 0.25) is 15.9 Å². The number of carboxylic acid groups (broad SMARTS) is 1. The fraction of sp³-hybridized carbons (Fsp3) is 0.467. The summed E-state index contributed by atoms with van der Waals surface area (Å²) < 4.78 is 22.5. The predicted octanol–water partition coefficient (Wildman–Crippen LogP) is 0.513. The van der Waals surface area contributed by atoms with Crippen molar-refractivity contribution in [3.05, 3.63) is 35.9 Å². The third kappa shape index (κ3) is 3.37. The number of rotatable bonds is 6. The highest BCUT2D eigenvalue weighted by molar-refractivity contribution is 7.89. The minimum atomic E-state index is -3.72. The zero-order valence-electron chi connectivity index (χ0n) is 12.8. The smallest absolute Gasteiger partial charge is 0.334 e. The van der Waals surface area contributed by atoms with E-state index in [1.165, 1.54) is 4.90 Å². The molecule has 126 valence electrons. The maximum atomic E-state index is 12.4. The van der Waals surface area contributed by atoms with Crippen molar-refractivity contribution >= 4 is 21.9 Å². The third-order valence-electron chi connectivity index (χ3n) is 4.25. The molecule has 2 unspecified atom stereocenters. The molecule has 1 amide bonds. The van der Waals surface area contributed by atoms with Gasteiger partial charge < -0.3 is 10.0 Å². The highest BCUT2D eigenvalue weighted by Crippen LogP contribution is 2.37. The maximum absolute atomic E-state index is 12.4. The molecule has 0 bridgehead atoms. The molecular weight excluding hydrogens is 320 g/mol. The summed E-state index contributed by atoms with van der Waals surface area (Å²) in [6.45, 7) is 1.76. The van der Waals surface area contributed by atoms with E-state index in [1.54, 1.807) is 37.3 Å². The average molecular weight is 340 g/mol. The number of nitrogens with zero attached hydrogens (tertiary/aromatic N) is 1. The highest BCUT2D eigenvalue weighted by atomic mass is 32.2. The van der Waals surface area contributed by atoms with Crippen LogP contribution in [0.25, 0.3) is 0 Å². The maximum Gasteiger partial charge on any atom is 0.334 e. The third-order valence-corrected chi connectivity index (χ3v) is 5.19. The zero-order chi connectivity index (χ0) is 17.3. The SMILES string of the molecule is CCC(C(=O)O)(c1ccccc1)N1CC(CS(N)(=O)=O)CC1=O. The largest absolute Gasteiger partial charge is 0.479 e. The summed E-state index contributed by atoms with van der Waals surface area (Å²) in [7, 11) is -3.72. The van der Waals surface area contributed by atoms with Crippen LogP contribution in [0.2, 0.25) is 0 Å². The van der Waals surface area contributed by atoms with Crippen molar-refractivity contribution in [1.82, 2.24) is 4.90 Å². The van der Waals surface area contributed by atoms with Gasteiger partial charge in [0, 0.05) is 18.9 Å². The van der Waals surface area contributed by atoms with Gasteiger partial charge in [0.25, 0.3) is 0 Å². The fourth-order valence-corrected chi connectivity index (χ4v) is 4.13. The van der Waals surface area contributed by atoms with Crippen molar-refractivity contribution in [1.29, 1.82) is 0 Å². The lowest BCUT2D eigenvalue weighted by Crippen LogP contribution is -2.52. The van der Waals surface area contributed by atoms with E-state index in [-0.39, 0.29) is 31.0 Å².